The van der Waals surface area contributed by atoms with Crippen molar-refractivity contribution in [1.29, 1.82) is 0 Å². The maximum Gasteiger partial charge on any atom is 0.191 e. The highest BCUT2D eigenvalue weighted by molar-refractivity contribution is 7.09. The van der Waals surface area contributed by atoms with Crippen molar-refractivity contribution >= 4 is 34.7 Å². The van der Waals surface area contributed by atoms with Crippen molar-refractivity contribution in [2.24, 2.45) is 10.9 Å². The summed E-state index contributed by atoms with van der Waals surface area (Å²) < 4.78 is 0. The Balaban J connectivity index is 1.18. The van der Waals surface area contributed by atoms with Gasteiger partial charge in [0, 0.05) is 50.3 Å². The number of hydrogen-bond donors (Lipinski definition) is 2. The molecule has 1 unspecified atom stereocenters. The van der Waals surface area contributed by atoms with Gasteiger partial charge in [0.2, 0.25) is 0 Å². The van der Waals surface area contributed by atoms with E-state index in [1.807, 2.05) is 30.5 Å². The zero-order valence-electron chi connectivity index (χ0n) is 17.6. The van der Waals surface area contributed by atoms with Crippen molar-refractivity contribution in [1.82, 2.24) is 20.5 Å². The number of pyridine rings is 1. The molecule has 2 N–H and O–H groups in total. The first-order chi connectivity index (χ1) is 14.7. The number of aromatic nitrogens is 1. The van der Waals surface area contributed by atoms with Crippen molar-refractivity contribution in [2.45, 2.75) is 31.8 Å². The summed E-state index contributed by atoms with van der Waals surface area (Å²) in [7, 11) is 1.85. The van der Waals surface area contributed by atoms with Crippen LogP contribution in [0, 0.1) is 5.92 Å². The normalized spacial score (nSPS) is 21.2. The van der Waals surface area contributed by atoms with Crippen molar-refractivity contribution < 1.29 is 0 Å². The Morgan fingerprint density at radius 2 is 2.10 bits per heavy atom. The number of hydrogen-bond acceptors (Lipinski definition) is 5. The first-order valence-corrected chi connectivity index (χ1v) is 12.0. The maximum atomic E-state index is 6.31. The summed E-state index contributed by atoms with van der Waals surface area (Å²) in [6, 6.07) is 8.50. The second-order valence-electron chi connectivity index (χ2n) is 8.14. The number of likely N-dealkylation sites (tertiary alicyclic amines) is 1. The number of nitrogens with zero attached hydrogens (tertiary/aromatic N) is 4. The van der Waals surface area contributed by atoms with Crippen molar-refractivity contribution in [3.8, 4) is 0 Å². The molecule has 162 valence electrons. The predicted molar refractivity (Wildman–Crippen MR) is 127 cm³/mol. The van der Waals surface area contributed by atoms with Crippen LogP contribution >= 0.6 is 22.9 Å². The van der Waals surface area contributed by atoms with E-state index in [9.17, 15) is 0 Å². The molecule has 0 saturated carbocycles. The summed E-state index contributed by atoms with van der Waals surface area (Å²) in [5.41, 5.74) is 0. The van der Waals surface area contributed by atoms with Crippen LogP contribution in [0.25, 0.3) is 0 Å². The number of thiophene rings is 1. The lowest BCUT2D eigenvalue weighted by Crippen LogP contribution is -2.47. The van der Waals surface area contributed by atoms with Crippen LogP contribution in [0.3, 0.4) is 0 Å². The molecule has 2 fully saturated rings. The molecule has 4 rings (SSSR count). The van der Waals surface area contributed by atoms with Crippen LogP contribution in [-0.2, 0) is 6.54 Å². The lowest BCUT2D eigenvalue weighted by Gasteiger charge is -2.32. The van der Waals surface area contributed by atoms with Gasteiger partial charge in [-0.15, -0.1) is 11.3 Å². The lowest BCUT2D eigenvalue weighted by molar-refractivity contribution is 0.179. The molecule has 8 heteroatoms. The van der Waals surface area contributed by atoms with Gasteiger partial charge in [-0.2, -0.15) is 0 Å². The first-order valence-electron chi connectivity index (χ1n) is 10.8. The highest BCUT2D eigenvalue weighted by Gasteiger charge is 2.26. The van der Waals surface area contributed by atoms with E-state index in [1.54, 1.807) is 6.20 Å². The number of aliphatic imine (C=N–C) groups is 1. The van der Waals surface area contributed by atoms with Gasteiger partial charge < -0.3 is 15.5 Å². The van der Waals surface area contributed by atoms with E-state index in [0.717, 1.165) is 44.4 Å². The third kappa shape index (κ3) is 5.65. The number of anilines is 1. The molecule has 0 spiro atoms. The summed E-state index contributed by atoms with van der Waals surface area (Å²) in [6.07, 6.45) is 5.33. The molecule has 0 radical (unpaired) electrons. The maximum absolute atomic E-state index is 6.31. The Labute approximate surface area is 188 Å². The van der Waals surface area contributed by atoms with Gasteiger partial charge in [-0.25, -0.2) is 4.98 Å². The molecule has 0 amide bonds. The van der Waals surface area contributed by atoms with Gasteiger partial charge in [0.25, 0.3) is 0 Å². The average Bonchev–Trinajstić information content (AvgIpc) is 3.45. The molecule has 2 saturated heterocycles. The molecule has 2 aliphatic rings. The van der Waals surface area contributed by atoms with Crippen LogP contribution in [0.15, 0.2) is 40.8 Å². The number of rotatable bonds is 6. The molecule has 4 heterocycles. The van der Waals surface area contributed by atoms with Crippen molar-refractivity contribution in [2.75, 3.05) is 44.7 Å². The smallest absolute Gasteiger partial charge is 0.191 e. The minimum absolute atomic E-state index is 0.349. The van der Waals surface area contributed by atoms with E-state index in [4.69, 9.17) is 11.6 Å². The fourth-order valence-corrected chi connectivity index (χ4v) is 5.27. The van der Waals surface area contributed by atoms with E-state index in [2.05, 4.69) is 47.9 Å². The first kappa shape index (κ1) is 21.4. The van der Waals surface area contributed by atoms with E-state index in [1.165, 1.54) is 30.8 Å². The number of guanidine groups is 1. The van der Waals surface area contributed by atoms with Gasteiger partial charge in [0.1, 0.15) is 5.82 Å². The topological polar surface area (TPSA) is 55.8 Å². The van der Waals surface area contributed by atoms with Crippen LogP contribution in [-0.4, -0.2) is 61.7 Å². The zero-order valence-corrected chi connectivity index (χ0v) is 19.1. The summed E-state index contributed by atoms with van der Waals surface area (Å²) in [5, 5.41) is 10.0. The van der Waals surface area contributed by atoms with Gasteiger partial charge in [0.15, 0.2) is 5.96 Å². The Bertz CT molecular complexity index is 819. The average molecular weight is 447 g/mol. The van der Waals surface area contributed by atoms with Gasteiger partial charge in [0.05, 0.1) is 5.02 Å². The van der Waals surface area contributed by atoms with E-state index < -0.39 is 0 Å². The molecular formula is C22H31ClN6S. The summed E-state index contributed by atoms with van der Waals surface area (Å²) >= 11 is 8.16. The van der Waals surface area contributed by atoms with Gasteiger partial charge >= 0.3 is 0 Å². The quantitative estimate of drug-likeness (QED) is 0.525. The SMILES string of the molecule is CN=C(NCC1CCN(Cc2cccs2)CC1)NC1CCN(c2ncccc2Cl)C1. The number of halogens is 1. The monoisotopic (exact) mass is 446 g/mol. The van der Waals surface area contributed by atoms with Crippen LogP contribution in [0.4, 0.5) is 5.82 Å². The summed E-state index contributed by atoms with van der Waals surface area (Å²) in [4.78, 5) is 15.2. The molecule has 2 aliphatic heterocycles. The molecule has 2 aromatic heterocycles. The molecule has 30 heavy (non-hydrogen) atoms. The minimum Gasteiger partial charge on any atom is -0.356 e. The fourth-order valence-electron chi connectivity index (χ4n) is 4.28. The predicted octanol–water partition coefficient (Wildman–Crippen LogP) is 3.45. The third-order valence-corrected chi connectivity index (χ3v) is 7.17. The molecule has 0 aromatic carbocycles. The van der Waals surface area contributed by atoms with E-state index in [-0.39, 0.29) is 0 Å². The summed E-state index contributed by atoms with van der Waals surface area (Å²) in [6.45, 7) is 6.28. The van der Waals surface area contributed by atoms with Crippen molar-refractivity contribution in [3.63, 3.8) is 0 Å². The standard InChI is InChI=1S/C22H31ClN6S/c1-24-22(27-18-8-12-29(15-18)21-20(23)5-2-9-25-21)26-14-17-6-10-28(11-7-17)16-19-4-3-13-30-19/h2-5,9,13,17-18H,6-8,10-12,14-16H2,1H3,(H2,24,26,27). The molecule has 0 bridgehead atoms. The Kier molecular flexibility index (Phi) is 7.47. The molecular weight excluding hydrogens is 416 g/mol. The Morgan fingerprint density at radius 3 is 2.83 bits per heavy atom. The Morgan fingerprint density at radius 1 is 1.23 bits per heavy atom. The van der Waals surface area contributed by atoms with Crippen LogP contribution < -0.4 is 15.5 Å². The fraction of sp³-hybridized carbons (Fsp3) is 0.545. The molecule has 1 atom stereocenters. The van der Waals surface area contributed by atoms with Gasteiger partial charge in [-0.05, 0) is 61.8 Å². The zero-order chi connectivity index (χ0) is 20.8. The highest BCUT2D eigenvalue weighted by atomic mass is 35.5. The van der Waals surface area contributed by atoms with Crippen LogP contribution in [0.1, 0.15) is 24.1 Å². The molecule has 0 aliphatic carbocycles. The van der Waals surface area contributed by atoms with Crippen LogP contribution in [0.5, 0.6) is 0 Å². The van der Waals surface area contributed by atoms with E-state index >= 15 is 0 Å². The number of nitrogens with one attached hydrogen (secondary N) is 2. The largest absolute Gasteiger partial charge is 0.356 e. The highest BCUT2D eigenvalue weighted by Crippen LogP contribution is 2.26. The van der Waals surface area contributed by atoms with Gasteiger partial charge in [-0.3, -0.25) is 9.89 Å². The van der Waals surface area contributed by atoms with Gasteiger partial charge in [-0.1, -0.05) is 17.7 Å². The van der Waals surface area contributed by atoms with Crippen LogP contribution in [0.2, 0.25) is 5.02 Å². The third-order valence-electron chi connectivity index (χ3n) is 6.02. The Hall–Kier alpha value is -1.83. The summed E-state index contributed by atoms with van der Waals surface area (Å²) in [5.74, 6) is 2.48. The number of piperidine rings is 1. The second kappa shape index (κ2) is 10.5. The second-order valence-corrected chi connectivity index (χ2v) is 9.58. The van der Waals surface area contributed by atoms with Crippen molar-refractivity contribution in [3.05, 3.63) is 45.7 Å². The van der Waals surface area contributed by atoms with E-state index in [0.29, 0.717) is 17.0 Å². The molecule has 2 aromatic rings. The minimum atomic E-state index is 0.349. The molecule has 6 nitrogen and oxygen atoms in total. The lowest BCUT2D eigenvalue weighted by atomic mass is 9.97.